The third-order valence-corrected chi connectivity index (χ3v) is 4.67. The van der Waals surface area contributed by atoms with Crippen molar-refractivity contribution < 1.29 is 0 Å². The van der Waals surface area contributed by atoms with Gasteiger partial charge in [0.2, 0.25) is 0 Å². The van der Waals surface area contributed by atoms with E-state index in [1.165, 1.54) is 16.7 Å². The van der Waals surface area contributed by atoms with Gasteiger partial charge < -0.3 is 4.90 Å². The van der Waals surface area contributed by atoms with Gasteiger partial charge in [0, 0.05) is 17.6 Å². The summed E-state index contributed by atoms with van der Waals surface area (Å²) in [5.41, 5.74) is 5.67. The van der Waals surface area contributed by atoms with Crippen LogP contribution in [0.25, 0.3) is 5.57 Å². The summed E-state index contributed by atoms with van der Waals surface area (Å²) in [6, 6.07) is 19.5. The van der Waals surface area contributed by atoms with E-state index in [4.69, 9.17) is 0 Å². The minimum atomic E-state index is 0. The number of nitrogens with zero attached hydrogens (tertiary/aromatic N) is 1. The van der Waals surface area contributed by atoms with E-state index in [-0.39, 0.29) is 12.4 Å². The van der Waals surface area contributed by atoms with Crippen molar-refractivity contribution in [1.82, 2.24) is 4.90 Å². The van der Waals surface area contributed by atoms with Crippen LogP contribution in [0.1, 0.15) is 24.0 Å². The van der Waals surface area contributed by atoms with Crippen molar-refractivity contribution in [3.05, 3.63) is 75.8 Å². The molecule has 1 heterocycles. The summed E-state index contributed by atoms with van der Waals surface area (Å²) >= 11 is 3.53. The summed E-state index contributed by atoms with van der Waals surface area (Å²) in [5.74, 6) is 0. The van der Waals surface area contributed by atoms with E-state index in [9.17, 15) is 0 Å². The Bertz CT molecular complexity index is 624. The fourth-order valence-electron chi connectivity index (χ4n) is 2.93. The van der Waals surface area contributed by atoms with Gasteiger partial charge in [-0.25, -0.2) is 0 Å². The second-order valence-electron chi connectivity index (χ2n) is 5.65. The Morgan fingerprint density at radius 1 is 0.864 bits per heavy atom. The largest absolute Gasteiger partial charge is 0.306 e. The normalized spacial score (nSPS) is 15.3. The molecule has 0 unspecified atom stereocenters. The summed E-state index contributed by atoms with van der Waals surface area (Å²) in [6.07, 6.45) is 2.33. The molecule has 2 aromatic carbocycles. The van der Waals surface area contributed by atoms with Crippen LogP contribution in [0.2, 0.25) is 0 Å². The zero-order valence-corrected chi connectivity index (χ0v) is 15.2. The molecule has 1 aliphatic heterocycles. The molecule has 0 saturated carbocycles. The summed E-state index contributed by atoms with van der Waals surface area (Å²) in [5, 5.41) is 0. The molecule has 3 rings (SSSR count). The second-order valence-corrected chi connectivity index (χ2v) is 6.57. The van der Waals surface area contributed by atoms with E-state index in [0.29, 0.717) is 0 Å². The van der Waals surface area contributed by atoms with Gasteiger partial charge in [0.25, 0.3) is 0 Å². The van der Waals surface area contributed by atoms with Crippen molar-refractivity contribution in [2.45, 2.75) is 12.8 Å². The number of hydrogen-bond donors (Lipinski definition) is 0. The first kappa shape index (κ1) is 17.3. The van der Waals surface area contributed by atoms with E-state index < -0.39 is 0 Å². The highest BCUT2D eigenvalue weighted by atomic mass is 79.9. The Morgan fingerprint density at radius 3 is 2.00 bits per heavy atom. The zero-order chi connectivity index (χ0) is 14.7. The molecule has 1 fully saturated rings. The predicted octanol–water partition coefficient (Wildman–Crippen LogP) is 5.40. The molecule has 0 aliphatic carbocycles. The number of benzene rings is 2. The van der Waals surface area contributed by atoms with Gasteiger partial charge in [-0.1, -0.05) is 64.0 Å². The quantitative estimate of drug-likeness (QED) is 0.676. The summed E-state index contributed by atoms with van der Waals surface area (Å²) < 4.78 is 1.13. The summed E-state index contributed by atoms with van der Waals surface area (Å²) in [4.78, 5) is 2.41. The Kier molecular flexibility index (Phi) is 6.25. The Morgan fingerprint density at radius 2 is 1.41 bits per heavy atom. The summed E-state index contributed by atoms with van der Waals surface area (Å²) in [6.45, 7) is 2.31. The molecular weight excluding hydrogens is 358 g/mol. The molecule has 1 nitrogen and oxygen atoms in total. The highest BCUT2D eigenvalue weighted by Gasteiger charge is 2.16. The van der Waals surface area contributed by atoms with E-state index in [2.05, 4.69) is 82.5 Å². The van der Waals surface area contributed by atoms with Crippen LogP contribution in [0.4, 0.5) is 0 Å². The number of rotatable bonds is 2. The Balaban J connectivity index is 0.00000176. The van der Waals surface area contributed by atoms with Crippen LogP contribution in [-0.4, -0.2) is 25.0 Å². The van der Waals surface area contributed by atoms with Crippen molar-refractivity contribution >= 4 is 33.9 Å². The van der Waals surface area contributed by atoms with Gasteiger partial charge in [-0.05, 0) is 48.7 Å². The first-order valence-electron chi connectivity index (χ1n) is 7.46. The molecule has 0 radical (unpaired) electrons. The molecule has 116 valence electrons. The predicted molar refractivity (Wildman–Crippen MR) is 101 cm³/mol. The SMILES string of the molecule is CN1CCC(=C(c2ccccc2)c2ccc(Br)cc2)CC1.Cl. The lowest BCUT2D eigenvalue weighted by molar-refractivity contribution is 0.313. The van der Waals surface area contributed by atoms with Crippen molar-refractivity contribution in [3.8, 4) is 0 Å². The summed E-state index contributed by atoms with van der Waals surface area (Å²) in [7, 11) is 2.21. The van der Waals surface area contributed by atoms with Gasteiger partial charge >= 0.3 is 0 Å². The average Bonchev–Trinajstić information content (AvgIpc) is 2.52. The Hall–Kier alpha value is -1.09. The van der Waals surface area contributed by atoms with Crippen molar-refractivity contribution in [2.24, 2.45) is 0 Å². The average molecular weight is 379 g/mol. The highest BCUT2D eigenvalue weighted by molar-refractivity contribution is 9.10. The number of piperidine rings is 1. The van der Waals surface area contributed by atoms with E-state index in [1.807, 2.05) is 0 Å². The van der Waals surface area contributed by atoms with Gasteiger partial charge in [-0.15, -0.1) is 12.4 Å². The van der Waals surface area contributed by atoms with Crippen LogP contribution in [0, 0.1) is 0 Å². The fourth-order valence-corrected chi connectivity index (χ4v) is 3.20. The maximum absolute atomic E-state index is 3.53. The molecule has 2 aromatic rings. The van der Waals surface area contributed by atoms with Gasteiger partial charge in [-0.2, -0.15) is 0 Å². The van der Waals surface area contributed by atoms with Gasteiger partial charge in [0.05, 0.1) is 0 Å². The maximum atomic E-state index is 3.53. The molecule has 0 N–H and O–H groups in total. The molecule has 3 heteroatoms. The molecular formula is C19H21BrClN. The number of likely N-dealkylation sites (tertiary alicyclic amines) is 1. The van der Waals surface area contributed by atoms with Gasteiger partial charge in [0.1, 0.15) is 0 Å². The molecule has 0 spiro atoms. The van der Waals surface area contributed by atoms with E-state index in [0.717, 1.165) is 30.4 Å². The van der Waals surface area contributed by atoms with Crippen LogP contribution in [0.15, 0.2) is 64.6 Å². The van der Waals surface area contributed by atoms with Crippen molar-refractivity contribution in [1.29, 1.82) is 0 Å². The monoisotopic (exact) mass is 377 g/mol. The minimum absolute atomic E-state index is 0. The third-order valence-electron chi connectivity index (χ3n) is 4.14. The molecule has 1 aliphatic rings. The standard InChI is InChI=1S/C19H20BrN.ClH/c1-21-13-11-17(12-14-21)19(15-5-3-2-4-6-15)16-7-9-18(20)10-8-16;/h2-10H,11-14H2,1H3;1H. The third kappa shape index (κ3) is 4.01. The lowest BCUT2D eigenvalue weighted by atomic mass is 9.88. The minimum Gasteiger partial charge on any atom is -0.306 e. The van der Waals surface area contributed by atoms with Crippen LogP contribution in [-0.2, 0) is 0 Å². The van der Waals surface area contributed by atoms with Crippen LogP contribution in [0.5, 0.6) is 0 Å². The number of halogens is 2. The smallest absolute Gasteiger partial charge is 0.0175 e. The molecule has 0 aromatic heterocycles. The first-order chi connectivity index (χ1) is 10.2. The van der Waals surface area contributed by atoms with Gasteiger partial charge in [-0.3, -0.25) is 0 Å². The first-order valence-corrected chi connectivity index (χ1v) is 8.25. The molecule has 1 saturated heterocycles. The zero-order valence-electron chi connectivity index (χ0n) is 12.8. The topological polar surface area (TPSA) is 3.24 Å². The molecule has 0 amide bonds. The van der Waals surface area contributed by atoms with Crippen LogP contribution >= 0.6 is 28.3 Å². The van der Waals surface area contributed by atoms with Crippen molar-refractivity contribution in [2.75, 3.05) is 20.1 Å². The molecule has 22 heavy (non-hydrogen) atoms. The second kappa shape index (κ2) is 7.96. The van der Waals surface area contributed by atoms with E-state index >= 15 is 0 Å². The Labute approximate surface area is 147 Å². The molecule has 0 atom stereocenters. The van der Waals surface area contributed by atoms with Crippen LogP contribution in [0.3, 0.4) is 0 Å². The maximum Gasteiger partial charge on any atom is 0.0175 e. The fraction of sp³-hybridized carbons (Fsp3) is 0.263. The number of hydrogen-bond acceptors (Lipinski definition) is 1. The van der Waals surface area contributed by atoms with Crippen LogP contribution < -0.4 is 0 Å². The van der Waals surface area contributed by atoms with E-state index in [1.54, 1.807) is 5.57 Å². The molecule has 0 bridgehead atoms. The lowest BCUT2D eigenvalue weighted by Gasteiger charge is -2.27. The van der Waals surface area contributed by atoms with Gasteiger partial charge in [0.15, 0.2) is 0 Å². The lowest BCUT2D eigenvalue weighted by Crippen LogP contribution is -2.26. The highest BCUT2D eigenvalue weighted by Crippen LogP contribution is 2.32. The van der Waals surface area contributed by atoms with Crippen molar-refractivity contribution in [3.63, 3.8) is 0 Å².